The van der Waals surface area contributed by atoms with E-state index in [0.717, 1.165) is 31.6 Å². The van der Waals surface area contributed by atoms with Crippen LogP contribution in [0.1, 0.15) is 19.3 Å². The Morgan fingerprint density at radius 3 is 2.79 bits per heavy atom. The lowest BCUT2D eigenvalue weighted by atomic mass is 10.0. The first kappa shape index (κ1) is 13.7. The van der Waals surface area contributed by atoms with Gasteiger partial charge < -0.3 is 20.4 Å². The van der Waals surface area contributed by atoms with E-state index in [2.05, 4.69) is 10.2 Å². The number of nitrogens with one attached hydrogen (secondary N) is 1. The number of carboxylic acid groups (broad SMARTS) is 1. The molecular formula is C14H20N2O3. The van der Waals surface area contributed by atoms with Gasteiger partial charge in [-0.2, -0.15) is 0 Å². The van der Waals surface area contributed by atoms with Crippen molar-refractivity contribution in [1.82, 2.24) is 4.90 Å². The number of carbonyl (C=O) groups is 1. The number of hydrogen-bond acceptors (Lipinski definition) is 4. The van der Waals surface area contributed by atoms with E-state index in [0.29, 0.717) is 12.6 Å². The lowest BCUT2D eigenvalue weighted by Gasteiger charge is -2.33. The zero-order chi connectivity index (χ0) is 13.7. The molecule has 0 bridgehead atoms. The maximum atomic E-state index is 10.6. The first-order chi connectivity index (χ1) is 9.13. The molecule has 0 amide bonds. The summed E-state index contributed by atoms with van der Waals surface area (Å²) in [5.74, 6) is -0.481. The average molecular weight is 264 g/mol. The van der Waals surface area contributed by atoms with Gasteiger partial charge in [-0.15, -0.1) is 0 Å². The fourth-order valence-electron chi connectivity index (χ4n) is 2.42. The van der Waals surface area contributed by atoms with Crippen molar-refractivity contribution in [2.24, 2.45) is 0 Å². The maximum Gasteiger partial charge on any atom is 0.304 e. The van der Waals surface area contributed by atoms with Gasteiger partial charge in [0.1, 0.15) is 5.75 Å². The number of benzene rings is 1. The summed E-state index contributed by atoms with van der Waals surface area (Å²) in [5.41, 5.74) is 0.989. The zero-order valence-corrected chi connectivity index (χ0v) is 10.9. The van der Waals surface area contributed by atoms with Crippen LogP contribution in [-0.2, 0) is 4.79 Å². The molecule has 1 aromatic rings. The summed E-state index contributed by atoms with van der Waals surface area (Å²) in [7, 11) is 0. The van der Waals surface area contributed by atoms with E-state index in [1.807, 2.05) is 12.1 Å². The largest absolute Gasteiger partial charge is 0.508 e. The Bertz CT molecular complexity index is 419. The average Bonchev–Trinajstić information content (AvgIpc) is 2.40. The lowest BCUT2D eigenvalue weighted by molar-refractivity contribution is -0.137. The lowest BCUT2D eigenvalue weighted by Crippen LogP contribution is -2.42. The molecule has 0 radical (unpaired) electrons. The Labute approximate surface area is 112 Å². The number of aromatic hydroxyl groups is 1. The molecule has 5 nitrogen and oxygen atoms in total. The van der Waals surface area contributed by atoms with Crippen LogP contribution in [0, 0.1) is 0 Å². The van der Waals surface area contributed by atoms with Gasteiger partial charge in [-0.3, -0.25) is 4.79 Å². The van der Waals surface area contributed by atoms with Crippen LogP contribution in [0.5, 0.6) is 5.75 Å². The second-order valence-electron chi connectivity index (χ2n) is 4.97. The monoisotopic (exact) mass is 264 g/mol. The number of likely N-dealkylation sites (tertiary alicyclic amines) is 1. The minimum atomic E-state index is -0.742. The van der Waals surface area contributed by atoms with E-state index in [9.17, 15) is 9.90 Å². The molecule has 2 rings (SSSR count). The van der Waals surface area contributed by atoms with Gasteiger partial charge in [-0.05, 0) is 43.7 Å². The van der Waals surface area contributed by atoms with Crippen LogP contribution in [0.2, 0.25) is 0 Å². The van der Waals surface area contributed by atoms with Crippen molar-refractivity contribution < 1.29 is 15.0 Å². The normalized spacial score (nSPS) is 20.1. The predicted molar refractivity (Wildman–Crippen MR) is 73.4 cm³/mol. The van der Waals surface area contributed by atoms with E-state index in [-0.39, 0.29) is 12.2 Å². The van der Waals surface area contributed by atoms with Crippen LogP contribution >= 0.6 is 0 Å². The highest BCUT2D eigenvalue weighted by molar-refractivity contribution is 5.66. The summed E-state index contributed by atoms with van der Waals surface area (Å²) in [6.07, 6.45) is 2.37. The third-order valence-electron chi connectivity index (χ3n) is 3.39. The number of anilines is 1. The molecule has 0 spiro atoms. The molecule has 1 unspecified atom stereocenters. The molecule has 1 atom stereocenters. The molecule has 0 aromatic heterocycles. The summed E-state index contributed by atoms with van der Waals surface area (Å²) in [6, 6.07) is 7.37. The molecule has 1 aromatic carbocycles. The van der Waals surface area contributed by atoms with Gasteiger partial charge in [0.25, 0.3) is 0 Å². The minimum absolute atomic E-state index is 0.200. The van der Waals surface area contributed by atoms with Crippen LogP contribution < -0.4 is 5.32 Å². The second-order valence-corrected chi connectivity index (χ2v) is 4.97. The molecule has 0 aliphatic carbocycles. The topological polar surface area (TPSA) is 72.8 Å². The van der Waals surface area contributed by atoms with Crippen molar-refractivity contribution in [2.45, 2.75) is 25.3 Å². The Morgan fingerprint density at radius 1 is 1.37 bits per heavy atom. The summed E-state index contributed by atoms with van der Waals surface area (Å²) in [4.78, 5) is 12.8. The molecule has 1 saturated heterocycles. The van der Waals surface area contributed by atoms with E-state index in [4.69, 9.17) is 5.11 Å². The first-order valence-corrected chi connectivity index (χ1v) is 6.63. The van der Waals surface area contributed by atoms with Crippen molar-refractivity contribution in [3.8, 4) is 5.75 Å². The summed E-state index contributed by atoms with van der Waals surface area (Å²) < 4.78 is 0. The number of piperidine rings is 1. The minimum Gasteiger partial charge on any atom is -0.508 e. The molecule has 104 valence electrons. The van der Waals surface area contributed by atoms with Gasteiger partial charge in [0, 0.05) is 24.8 Å². The van der Waals surface area contributed by atoms with Crippen molar-refractivity contribution in [3.05, 3.63) is 24.3 Å². The third kappa shape index (κ3) is 4.44. The third-order valence-corrected chi connectivity index (χ3v) is 3.39. The standard InChI is InChI=1S/C14H20N2O3/c17-13-5-3-11(4-6-13)15-12-2-1-8-16(10-12)9-7-14(18)19/h3-6,12,15,17H,1-2,7-10H2,(H,18,19). The number of nitrogens with zero attached hydrogens (tertiary/aromatic N) is 1. The molecule has 3 N–H and O–H groups in total. The SMILES string of the molecule is O=C(O)CCN1CCCC(Nc2ccc(O)cc2)C1. The number of rotatable bonds is 5. The Kier molecular flexibility index (Phi) is 4.63. The first-order valence-electron chi connectivity index (χ1n) is 6.63. The van der Waals surface area contributed by atoms with Gasteiger partial charge in [0.05, 0.1) is 6.42 Å². The highest BCUT2D eigenvalue weighted by atomic mass is 16.4. The molecular weight excluding hydrogens is 244 g/mol. The van der Waals surface area contributed by atoms with E-state index >= 15 is 0 Å². The Morgan fingerprint density at radius 2 is 2.11 bits per heavy atom. The Hall–Kier alpha value is -1.75. The van der Waals surface area contributed by atoms with Crippen LogP contribution in [0.4, 0.5) is 5.69 Å². The van der Waals surface area contributed by atoms with Crippen molar-refractivity contribution >= 4 is 11.7 Å². The number of hydrogen-bond donors (Lipinski definition) is 3. The summed E-state index contributed by atoms with van der Waals surface area (Å²) >= 11 is 0. The molecule has 1 aliphatic rings. The number of carboxylic acids is 1. The van der Waals surface area contributed by atoms with Crippen molar-refractivity contribution in [3.63, 3.8) is 0 Å². The van der Waals surface area contributed by atoms with Gasteiger partial charge >= 0.3 is 5.97 Å². The number of phenols is 1. The number of phenolic OH excluding ortho intramolecular Hbond substituents is 1. The van der Waals surface area contributed by atoms with Crippen molar-refractivity contribution in [2.75, 3.05) is 25.0 Å². The van der Waals surface area contributed by atoms with Gasteiger partial charge in [-0.25, -0.2) is 0 Å². The molecule has 19 heavy (non-hydrogen) atoms. The zero-order valence-electron chi connectivity index (χ0n) is 10.9. The highest BCUT2D eigenvalue weighted by Crippen LogP contribution is 2.18. The predicted octanol–water partition coefficient (Wildman–Crippen LogP) is 1.74. The summed E-state index contributed by atoms with van der Waals surface area (Å²) in [5, 5.41) is 21.4. The molecule has 1 fully saturated rings. The smallest absolute Gasteiger partial charge is 0.304 e. The quantitative estimate of drug-likeness (QED) is 0.707. The molecule has 1 aliphatic heterocycles. The van der Waals surface area contributed by atoms with E-state index < -0.39 is 5.97 Å². The second kappa shape index (κ2) is 6.43. The van der Waals surface area contributed by atoms with E-state index in [1.165, 1.54) is 0 Å². The molecule has 0 saturated carbocycles. The summed E-state index contributed by atoms with van der Waals surface area (Å²) in [6.45, 7) is 2.46. The fourth-order valence-corrected chi connectivity index (χ4v) is 2.42. The van der Waals surface area contributed by atoms with Crippen LogP contribution in [0.3, 0.4) is 0 Å². The van der Waals surface area contributed by atoms with Crippen LogP contribution in [0.25, 0.3) is 0 Å². The van der Waals surface area contributed by atoms with Gasteiger partial charge in [-0.1, -0.05) is 0 Å². The van der Waals surface area contributed by atoms with Crippen LogP contribution in [-0.4, -0.2) is 46.8 Å². The molecule has 1 heterocycles. The van der Waals surface area contributed by atoms with Gasteiger partial charge in [0.2, 0.25) is 0 Å². The Balaban J connectivity index is 1.83. The fraction of sp³-hybridized carbons (Fsp3) is 0.500. The molecule has 5 heteroatoms. The number of aliphatic carboxylic acids is 1. The maximum absolute atomic E-state index is 10.6. The highest BCUT2D eigenvalue weighted by Gasteiger charge is 2.19. The van der Waals surface area contributed by atoms with Gasteiger partial charge in [0.15, 0.2) is 0 Å². The van der Waals surface area contributed by atoms with E-state index in [1.54, 1.807) is 12.1 Å². The van der Waals surface area contributed by atoms with Crippen molar-refractivity contribution in [1.29, 1.82) is 0 Å². The van der Waals surface area contributed by atoms with Crippen LogP contribution in [0.15, 0.2) is 24.3 Å².